The summed E-state index contributed by atoms with van der Waals surface area (Å²) < 4.78 is 39.8. The van der Waals surface area contributed by atoms with E-state index in [1.165, 1.54) is 27.5 Å². The highest BCUT2D eigenvalue weighted by Gasteiger charge is 2.37. The summed E-state index contributed by atoms with van der Waals surface area (Å²) in [5, 5.41) is 17.3. The molecule has 1 aliphatic heterocycles. The molecule has 11 heteroatoms. The van der Waals surface area contributed by atoms with E-state index in [0.29, 0.717) is 11.3 Å². The number of hydrogen-bond acceptors (Lipinski definition) is 7. The van der Waals surface area contributed by atoms with Gasteiger partial charge >= 0.3 is 6.03 Å². The van der Waals surface area contributed by atoms with Crippen molar-refractivity contribution in [3.63, 3.8) is 0 Å². The van der Waals surface area contributed by atoms with E-state index in [0.717, 1.165) is 15.9 Å². The van der Waals surface area contributed by atoms with Crippen LogP contribution in [0.5, 0.6) is 11.5 Å². The third-order valence-corrected chi connectivity index (χ3v) is 4.82. The second-order valence-electron chi connectivity index (χ2n) is 6.53. The van der Waals surface area contributed by atoms with E-state index in [1.807, 2.05) is 0 Å². The molecule has 2 aromatic rings. The number of hydrogen-bond donors (Lipinski definition) is 3. The number of benzene rings is 1. The molecule has 160 valence electrons. The third kappa shape index (κ3) is 3.26. The van der Waals surface area contributed by atoms with Gasteiger partial charge in [0.05, 0.1) is 32.0 Å². The zero-order chi connectivity index (χ0) is 22.2. The molecule has 2 heterocycles. The number of nitrogens with two attached hydrogens (primary N) is 1. The molecule has 3 rings (SSSR count). The third-order valence-electron chi connectivity index (χ3n) is 4.82. The molecule has 4 N–H and O–H groups in total. The van der Waals surface area contributed by atoms with Crippen molar-refractivity contribution >= 4 is 28.9 Å². The molecule has 0 radical (unpaired) electrons. The fourth-order valence-electron chi connectivity index (χ4n) is 3.39. The first-order valence-electron chi connectivity index (χ1n) is 8.87. The van der Waals surface area contributed by atoms with Crippen molar-refractivity contribution in [3.05, 3.63) is 35.0 Å². The van der Waals surface area contributed by atoms with Gasteiger partial charge in [-0.15, -0.1) is 0 Å². The topological polar surface area (TPSA) is 125 Å². The number of rotatable bonds is 6. The van der Waals surface area contributed by atoms with Gasteiger partial charge in [0.15, 0.2) is 23.1 Å². The van der Waals surface area contributed by atoms with Crippen LogP contribution in [0.15, 0.2) is 12.3 Å². The van der Waals surface area contributed by atoms with Gasteiger partial charge in [-0.3, -0.25) is 9.80 Å². The molecular weight excluding hydrogens is 400 g/mol. The maximum absolute atomic E-state index is 15.0. The molecule has 30 heavy (non-hydrogen) atoms. The number of nitrogens with zero attached hydrogens (tertiary/aromatic N) is 3. The van der Waals surface area contributed by atoms with Gasteiger partial charge in [-0.2, -0.15) is 0 Å². The average molecular weight is 421 g/mol. The smallest absolute Gasteiger partial charge is 0.329 e. The van der Waals surface area contributed by atoms with E-state index >= 15 is 0 Å². The van der Waals surface area contributed by atoms with Gasteiger partial charge in [0.25, 0.3) is 0 Å². The van der Waals surface area contributed by atoms with E-state index in [1.54, 1.807) is 0 Å². The highest BCUT2D eigenvalue weighted by Crippen LogP contribution is 2.41. The highest BCUT2D eigenvalue weighted by atomic mass is 19.1. The van der Waals surface area contributed by atoms with Crippen LogP contribution in [0.1, 0.15) is 17.5 Å². The number of urea groups is 1. The Morgan fingerprint density at radius 2 is 1.87 bits per heavy atom. The van der Waals surface area contributed by atoms with E-state index in [4.69, 9.17) is 25.7 Å². The highest BCUT2D eigenvalue weighted by molar-refractivity contribution is 6.14. The number of nitrogens with one attached hydrogen (secondary N) is 1. The number of nitrogen functional groups attached to an aromatic ring is 1. The minimum absolute atomic E-state index is 0.00438. The Hall–Kier alpha value is -3.47. The summed E-state index contributed by atoms with van der Waals surface area (Å²) in [6, 6.07) is 0.302. The first-order chi connectivity index (χ1) is 14.3. The minimum atomic E-state index is -1.06. The number of amides is 2. The van der Waals surface area contributed by atoms with Crippen molar-refractivity contribution in [1.82, 2.24) is 4.98 Å². The SMILES string of the molecule is COc1cc(OC)c(F)c(N2Cc3cnc(N)c(C(=N)CCO)c3N(C)C2=O)c1F. The summed E-state index contributed by atoms with van der Waals surface area (Å²) in [7, 11) is 3.82. The Kier molecular flexibility index (Phi) is 5.74. The number of ether oxygens (including phenoxy) is 2. The fraction of sp³-hybridized carbons (Fsp3) is 0.316. The monoisotopic (exact) mass is 421 g/mol. The lowest BCUT2D eigenvalue weighted by atomic mass is 10.00. The molecule has 0 saturated heterocycles. The van der Waals surface area contributed by atoms with Gasteiger partial charge in [-0.25, -0.2) is 18.6 Å². The fourth-order valence-corrected chi connectivity index (χ4v) is 3.39. The first-order valence-corrected chi connectivity index (χ1v) is 8.87. The van der Waals surface area contributed by atoms with Crippen molar-refractivity contribution in [3.8, 4) is 11.5 Å². The quantitative estimate of drug-likeness (QED) is 0.615. The lowest BCUT2D eigenvalue weighted by Crippen LogP contribution is -2.47. The van der Waals surface area contributed by atoms with Crippen LogP contribution in [0.25, 0.3) is 0 Å². The van der Waals surface area contributed by atoms with E-state index in [2.05, 4.69) is 4.98 Å². The number of carbonyl (C=O) groups is 1. The summed E-state index contributed by atoms with van der Waals surface area (Å²) in [4.78, 5) is 19.2. The van der Waals surface area contributed by atoms with Gasteiger partial charge in [-0.1, -0.05) is 0 Å². The zero-order valence-electron chi connectivity index (χ0n) is 16.6. The molecule has 0 aliphatic carbocycles. The summed E-state index contributed by atoms with van der Waals surface area (Å²) in [6.07, 6.45) is 1.38. The maximum atomic E-state index is 15.0. The van der Waals surface area contributed by atoms with Gasteiger partial charge < -0.3 is 25.7 Å². The number of halogens is 2. The Morgan fingerprint density at radius 1 is 1.27 bits per heavy atom. The number of carbonyl (C=O) groups excluding carboxylic acids is 1. The van der Waals surface area contributed by atoms with Crippen LogP contribution in [0.2, 0.25) is 0 Å². The molecular formula is C19H21F2N5O4. The number of aliphatic hydroxyl groups is 1. The number of anilines is 3. The average Bonchev–Trinajstić information content (AvgIpc) is 2.72. The number of pyridine rings is 1. The summed E-state index contributed by atoms with van der Waals surface area (Å²) in [5.74, 6) is -2.67. The van der Waals surface area contributed by atoms with Crippen molar-refractivity contribution in [1.29, 1.82) is 5.41 Å². The van der Waals surface area contributed by atoms with Crippen molar-refractivity contribution < 1.29 is 28.2 Å². The van der Waals surface area contributed by atoms with Gasteiger partial charge in [0.2, 0.25) is 0 Å². The maximum Gasteiger partial charge on any atom is 0.329 e. The van der Waals surface area contributed by atoms with Gasteiger partial charge in [-0.05, 0) is 0 Å². The largest absolute Gasteiger partial charge is 0.493 e. The molecule has 1 aromatic carbocycles. The summed E-state index contributed by atoms with van der Waals surface area (Å²) in [5.41, 5.74) is 6.20. The number of aliphatic hydroxyl groups excluding tert-OH is 1. The summed E-state index contributed by atoms with van der Waals surface area (Å²) >= 11 is 0. The van der Waals surface area contributed by atoms with Crippen molar-refractivity contribution in [2.45, 2.75) is 13.0 Å². The second-order valence-corrected chi connectivity index (χ2v) is 6.53. The van der Waals surface area contributed by atoms with Crippen LogP contribution in [0, 0.1) is 17.0 Å². The number of methoxy groups -OCH3 is 2. The first kappa shape index (κ1) is 21.2. The van der Waals surface area contributed by atoms with Crippen molar-refractivity contribution in [2.24, 2.45) is 0 Å². The van der Waals surface area contributed by atoms with E-state index in [9.17, 15) is 13.6 Å². The number of fused-ring (bicyclic) bond motifs is 1. The molecule has 1 aromatic heterocycles. The van der Waals surface area contributed by atoms with Crippen molar-refractivity contribution in [2.75, 3.05) is 43.4 Å². The van der Waals surface area contributed by atoms with Crippen LogP contribution in [0.3, 0.4) is 0 Å². The Bertz CT molecular complexity index is 1000. The van der Waals surface area contributed by atoms with Crippen LogP contribution < -0.4 is 25.0 Å². The summed E-state index contributed by atoms with van der Waals surface area (Å²) in [6.45, 7) is -0.513. The predicted octanol–water partition coefficient (Wildman–Crippen LogP) is 2.29. The van der Waals surface area contributed by atoms with Crippen LogP contribution in [-0.4, -0.2) is 49.7 Å². The Morgan fingerprint density at radius 3 is 2.40 bits per heavy atom. The van der Waals surface area contributed by atoms with Gasteiger partial charge in [0.1, 0.15) is 11.5 Å². The minimum Gasteiger partial charge on any atom is -0.493 e. The normalized spacial score (nSPS) is 13.3. The van der Waals surface area contributed by atoms with Crippen LogP contribution in [-0.2, 0) is 6.54 Å². The Balaban J connectivity index is 2.19. The lowest BCUT2D eigenvalue weighted by Gasteiger charge is -2.36. The molecule has 9 nitrogen and oxygen atoms in total. The molecule has 0 spiro atoms. The van der Waals surface area contributed by atoms with E-state index < -0.39 is 23.4 Å². The number of aromatic nitrogens is 1. The molecule has 0 fully saturated rings. The molecule has 0 atom stereocenters. The zero-order valence-corrected chi connectivity index (χ0v) is 16.6. The molecule has 0 saturated carbocycles. The van der Waals surface area contributed by atoms with Crippen LogP contribution >= 0.6 is 0 Å². The molecule has 1 aliphatic rings. The predicted molar refractivity (Wildman–Crippen MR) is 107 cm³/mol. The Labute approximate surface area is 171 Å². The van der Waals surface area contributed by atoms with E-state index in [-0.39, 0.29) is 48.2 Å². The standard InChI is InChI=1S/C19H21F2N5O4/c1-25-16-9(7-24-18(23)13(16)10(22)4-5-27)8-26(19(25)28)17-14(20)11(29-2)6-12(30-3)15(17)21/h6-7,22,27H,4-5,8H2,1-3H3,(H2,23,24). The van der Waals surface area contributed by atoms with Gasteiger partial charge in [0, 0.05) is 43.6 Å². The lowest BCUT2D eigenvalue weighted by molar-refractivity contribution is 0.250. The van der Waals surface area contributed by atoms with Crippen LogP contribution in [0.4, 0.5) is 30.8 Å². The molecule has 0 bridgehead atoms. The molecule has 0 unspecified atom stereocenters. The second kappa shape index (κ2) is 8.11. The molecule has 2 amide bonds.